The molecule has 0 aromatic rings. The highest BCUT2D eigenvalue weighted by atomic mass is 16.5. The van der Waals surface area contributed by atoms with Crippen LogP contribution in [0.25, 0.3) is 0 Å². The van der Waals surface area contributed by atoms with Gasteiger partial charge in [0.1, 0.15) is 0 Å². The summed E-state index contributed by atoms with van der Waals surface area (Å²) in [6, 6.07) is 0.494. The van der Waals surface area contributed by atoms with Crippen LogP contribution in [0.15, 0.2) is 0 Å². The quantitative estimate of drug-likeness (QED) is 0.774. The van der Waals surface area contributed by atoms with Crippen LogP contribution in [0.5, 0.6) is 0 Å². The molecule has 0 heterocycles. The van der Waals surface area contributed by atoms with Crippen molar-refractivity contribution in [3.8, 4) is 0 Å². The first kappa shape index (κ1) is 16.0. The fourth-order valence-corrected chi connectivity index (χ4v) is 3.35. The van der Waals surface area contributed by atoms with E-state index in [-0.39, 0.29) is 5.60 Å². The lowest BCUT2D eigenvalue weighted by Gasteiger charge is -2.49. The van der Waals surface area contributed by atoms with E-state index in [0.717, 1.165) is 6.54 Å². The summed E-state index contributed by atoms with van der Waals surface area (Å²) in [5.74, 6) is 0.672. The van der Waals surface area contributed by atoms with Crippen molar-refractivity contribution in [2.75, 3.05) is 13.7 Å². The minimum absolute atomic E-state index is 0.0565. The molecule has 0 amide bonds. The molecular formula is C16H33NO. The first-order chi connectivity index (χ1) is 8.40. The molecule has 0 saturated heterocycles. The maximum absolute atomic E-state index is 6.05. The van der Waals surface area contributed by atoms with Crippen molar-refractivity contribution in [1.29, 1.82) is 0 Å². The van der Waals surface area contributed by atoms with Crippen LogP contribution >= 0.6 is 0 Å². The molecule has 1 rings (SSSR count). The molecule has 0 aliphatic heterocycles. The average Bonchev–Trinajstić information content (AvgIpc) is 2.36. The molecular weight excluding hydrogens is 222 g/mol. The minimum Gasteiger partial charge on any atom is -0.377 e. The highest BCUT2D eigenvalue weighted by molar-refractivity contribution is 5.00. The van der Waals surface area contributed by atoms with Crippen LogP contribution in [-0.4, -0.2) is 25.3 Å². The van der Waals surface area contributed by atoms with Gasteiger partial charge in [-0.2, -0.15) is 0 Å². The van der Waals surface area contributed by atoms with Crippen LogP contribution in [0.3, 0.4) is 0 Å². The molecule has 1 saturated carbocycles. The van der Waals surface area contributed by atoms with Gasteiger partial charge in [0, 0.05) is 13.2 Å². The molecule has 1 aliphatic carbocycles. The predicted molar refractivity (Wildman–Crippen MR) is 78.9 cm³/mol. The van der Waals surface area contributed by atoms with E-state index in [0.29, 0.717) is 17.4 Å². The first-order valence-electron chi connectivity index (χ1n) is 7.69. The van der Waals surface area contributed by atoms with Crippen molar-refractivity contribution in [3.05, 3.63) is 0 Å². The van der Waals surface area contributed by atoms with Crippen LogP contribution in [0.1, 0.15) is 66.7 Å². The lowest BCUT2D eigenvalue weighted by atomic mass is 9.66. The Kier molecular flexibility index (Phi) is 5.67. The Morgan fingerprint density at radius 3 is 2.06 bits per heavy atom. The summed E-state index contributed by atoms with van der Waals surface area (Å²) < 4.78 is 6.05. The van der Waals surface area contributed by atoms with Gasteiger partial charge in [0.25, 0.3) is 0 Å². The number of methoxy groups -OCH3 is 1. The Morgan fingerprint density at radius 1 is 1.11 bits per heavy atom. The smallest absolute Gasteiger partial charge is 0.0833 e. The van der Waals surface area contributed by atoms with Gasteiger partial charge in [-0.25, -0.2) is 0 Å². The van der Waals surface area contributed by atoms with Gasteiger partial charge in [-0.1, -0.05) is 41.0 Å². The Morgan fingerprint density at radius 2 is 1.67 bits per heavy atom. The molecule has 0 aromatic heterocycles. The van der Waals surface area contributed by atoms with Gasteiger partial charge >= 0.3 is 0 Å². The lowest BCUT2D eigenvalue weighted by Crippen LogP contribution is -2.57. The normalized spacial score (nSPS) is 25.7. The van der Waals surface area contributed by atoms with Gasteiger partial charge in [0.2, 0.25) is 0 Å². The maximum atomic E-state index is 6.05. The van der Waals surface area contributed by atoms with Crippen molar-refractivity contribution in [2.45, 2.75) is 78.4 Å². The van der Waals surface area contributed by atoms with Crippen molar-refractivity contribution in [2.24, 2.45) is 11.3 Å². The van der Waals surface area contributed by atoms with Gasteiger partial charge < -0.3 is 10.1 Å². The van der Waals surface area contributed by atoms with E-state index in [1.807, 2.05) is 7.11 Å². The van der Waals surface area contributed by atoms with Crippen LogP contribution < -0.4 is 5.32 Å². The Hall–Kier alpha value is -0.0800. The SMILES string of the molecule is CCNC(C(C)CC)C1(OC)CCC(C)(C)CC1. The molecule has 1 fully saturated rings. The van der Waals surface area contributed by atoms with Crippen molar-refractivity contribution in [3.63, 3.8) is 0 Å². The third kappa shape index (κ3) is 3.48. The summed E-state index contributed by atoms with van der Waals surface area (Å²) in [4.78, 5) is 0. The van der Waals surface area contributed by atoms with Gasteiger partial charge in [-0.3, -0.25) is 0 Å². The molecule has 2 heteroatoms. The standard InChI is InChI=1S/C16H33NO/c1-7-13(3)14(17-8-2)16(18-6)11-9-15(4,5)10-12-16/h13-14,17H,7-12H2,1-6H3. The number of hydrogen-bond donors (Lipinski definition) is 1. The van der Waals surface area contributed by atoms with E-state index in [4.69, 9.17) is 4.74 Å². The number of likely N-dealkylation sites (N-methyl/N-ethyl adjacent to an activating group) is 1. The fourth-order valence-electron chi connectivity index (χ4n) is 3.35. The van der Waals surface area contributed by atoms with Crippen molar-refractivity contribution < 1.29 is 4.74 Å². The zero-order valence-corrected chi connectivity index (χ0v) is 13.3. The number of rotatable bonds is 6. The largest absolute Gasteiger partial charge is 0.377 e. The van der Waals surface area contributed by atoms with Gasteiger partial charge in [0.15, 0.2) is 0 Å². The molecule has 1 aliphatic rings. The van der Waals surface area contributed by atoms with E-state index in [1.54, 1.807) is 0 Å². The van der Waals surface area contributed by atoms with Crippen LogP contribution in [0, 0.1) is 11.3 Å². The highest BCUT2D eigenvalue weighted by Gasteiger charge is 2.45. The third-order valence-corrected chi connectivity index (χ3v) is 5.06. The third-order valence-electron chi connectivity index (χ3n) is 5.06. The molecule has 2 atom stereocenters. The van der Waals surface area contributed by atoms with E-state index in [9.17, 15) is 0 Å². The summed E-state index contributed by atoms with van der Waals surface area (Å²) in [5, 5.41) is 3.70. The second kappa shape index (κ2) is 6.38. The lowest BCUT2D eigenvalue weighted by molar-refractivity contribution is -0.0972. The zero-order chi connectivity index (χ0) is 13.8. The van der Waals surface area contributed by atoms with Crippen LogP contribution in [0.2, 0.25) is 0 Å². The maximum Gasteiger partial charge on any atom is 0.0833 e. The van der Waals surface area contributed by atoms with Gasteiger partial charge in [0.05, 0.1) is 5.60 Å². The second-order valence-corrected chi connectivity index (χ2v) is 6.85. The van der Waals surface area contributed by atoms with E-state index < -0.39 is 0 Å². The molecule has 0 aromatic carbocycles. The predicted octanol–water partition coefficient (Wildman–Crippen LogP) is 4.00. The molecule has 0 bridgehead atoms. The molecule has 0 radical (unpaired) electrons. The van der Waals surface area contributed by atoms with E-state index in [1.165, 1.54) is 32.1 Å². The average molecular weight is 255 g/mol. The number of hydrogen-bond acceptors (Lipinski definition) is 2. The summed E-state index contributed by atoms with van der Waals surface area (Å²) in [5.41, 5.74) is 0.551. The Labute approximate surface area is 114 Å². The molecule has 1 N–H and O–H groups in total. The van der Waals surface area contributed by atoms with Crippen molar-refractivity contribution >= 4 is 0 Å². The highest BCUT2D eigenvalue weighted by Crippen LogP contribution is 2.44. The van der Waals surface area contributed by atoms with Gasteiger partial charge in [-0.15, -0.1) is 0 Å². The minimum atomic E-state index is 0.0565. The molecule has 0 spiro atoms. The molecule has 108 valence electrons. The summed E-state index contributed by atoms with van der Waals surface area (Å²) in [6.07, 6.45) is 6.15. The summed E-state index contributed by atoms with van der Waals surface area (Å²) in [7, 11) is 1.91. The van der Waals surface area contributed by atoms with Crippen molar-refractivity contribution in [1.82, 2.24) is 5.32 Å². The Balaban J connectivity index is 2.84. The Bertz CT molecular complexity index is 239. The molecule has 18 heavy (non-hydrogen) atoms. The van der Waals surface area contributed by atoms with E-state index >= 15 is 0 Å². The fraction of sp³-hybridized carbons (Fsp3) is 1.00. The van der Waals surface area contributed by atoms with Crippen LogP contribution in [-0.2, 0) is 4.74 Å². The van der Waals surface area contributed by atoms with E-state index in [2.05, 4.69) is 39.9 Å². The second-order valence-electron chi connectivity index (χ2n) is 6.85. The summed E-state index contributed by atoms with van der Waals surface area (Å²) >= 11 is 0. The topological polar surface area (TPSA) is 21.3 Å². The summed E-state index contributed by atoms with van der Waals surface area (Å²) in [6.45, 7) is 12.6. The number of ether oxygens (including phenoxy) is 1. The van der Waals surface area contributed by atoms with Crippen LogP contribution in [0.4, 0.5) is 0 Å². The zero-order valence-electron chi connectivity index (χ0n) is 13.3. The molecule has 2 unspecified atom stereocenters. The monoisotopic (exact) mass is 255 g/mol. The molecule has 2 nitrogen and oxygen atoms in total. The number of nitrogens with one attached hydrogen (secondary N) is 1. The van der Waals surface area contributed by atoms with Gasteiger partial charge in [-0.05, 0) is 43.6 Å². The first-order valence-corrected chi connectivity index (χ1v) is 7.69.